The minimum absolute atomic E-state index is 0.0691. The number of aliphatic hydroxyl groups excluding tert-OH is 1. The lowest BCUT2D eigenvalue weighted by Crippen LogP contribution is -2.57. The van der Waals surface area contributed by atoms with Gasteiger partial charge in [-0.1, -0.05) is 32.0 Å². The van der Waals surface area contributed by atoms with Gasteiger partial charge in [-0.2, -0.15) is 0 Å². The van der Waals surface area contributed by atoms with E-state index in [-0.39, 0.29) is 12.0 Å². The first-order chi connectivity index (χ1) is 7.01. The van der Waals surface area contributed by atoms with E-state index < -0.39 is 5.54 Å². The summed E-state index contributed by atoms with van der Waals surface area (Å²) in [4.78, 5) is 0. The third kappa shape index (κ3) is 1.34. The van der Waals surface area contributed by atoms with Crippen LogP contribution in [-0.4, -0.2) is 18.3 Å². The van der Waals surface area contributed by atoms with Crippen LogP contribution in [0.3, 0.4) is 0 Å². The number of rotatable bonds is 1. The van der Waals surface area contributed by atoms with Gasteiger partial charge in [-0.3, -0.25) is 0 Å². The van der Waals surface area contributed by atoms with E-state index in [1.54, 1.807) is 0 Å². The van der Waals surface area contributed by atoms with Crippen molar-refractivity contribution < 1.29 is 9.84 Å². The molecule has 0 fully saturated rings. The summed E-state index contributed by atoms with van der Waals surface area (Å²) in [6.07, 6.45) is 0. The Morgan fingerprint density at radius 2 is 2.07 bits per heavy atom. The minimum atomic E-state index is -0.720. The second kappa shape index (κ2) is 3.22. The minimum Gasteiger partial charge on any atom is -0.493 e. The number of hydrogen-bond acceptors (Lipinski definition) is 3. The summed E-state index contributed by atoms with van der Waals surface area (Å²) < 4.78 is 5.64. The molecule has 15 heavy (non-hydrogen) atoms. The first-order valence-electron chi connectivity index (χ1n) is 5.13. The average molecular weight is 207 g/mol. The Labute approximate surface area is 89.9 Å². The molecular formula is C12H17NO2. The summed E-state index contributed by atoms with van der Waals surface area (Å²) in [7, 11) is 0. The van der Waals surface area contributed by atoms with Crippen LogP contribution in [0.15, 0.2) is 24.3 Å². The number of para-hydroxylation sites is 1. The zero-order valence-corrected chi connectivity index (χ0v) is 9.16. The highest BCUT2D eigenvalue weighted by atomic mass is 16.5. The average Bonchev–Trinajstić information content (AvgIpc) is 2.24. The van der Waals surface area contributed by atoms with Crippen molar-refractivity contribution in [1.29, 1.82) is 0 Å². The van der Waals surface area contributed by atoms with E-state index in [0.717, 1.165) is 11.3 Å². The molecule has 82 valence electrons. The highest BCUT2D eigenvalue weighted by Gasteiger charge is 2.47. The standard InChI is InChI=1S/C12H17NO2/c1-11(2)8-15-10-6-4-3-5-9(10)12(11,13)7-14/h3-6,14H,7-8,13H2,1-2H3. The van der Waals surface area contributed by atoms with Crippen molar-refractivity contribution in [1.82, 2.24) is 0 Å². The third-order valence-electron chi connectivity index (χ3n) is 3.41. The van der Waals surface area contributed by atoms with Crippen LogP contribution in [0.2, 0.25) is 0 Å². The second-order valence-electron chi connectivity index (χ2n) is 4.80. The fourth-order valence-corrected chi connectivity index (χ4v) is 2.01. The number of nitrogens with two attached hydrogens (primary N) is 1. The molecule has 0 amide bonds. The van der Waals surface area contributed by atoms with Gasteiger partial charge in [0, 0.05) is 11.0 Å². The Hall–Kier alpha value is -1.06. The first-order valence-corrected chi connectivity index (χ1v) is 5.13. The van der Waals surface area contributed by atoms with Crippen LogP contribution >= 0.6 is 0 Å². The van der Waals surface area contributed by atoms with Gasteiger partial charge < -0.3 is 15.6 Å². The Balaban J connectivity index is 2.58. The van der Waals surface area contributed by atoms with Gasteiger partial charge in [0.15, 0.2) is 0 Å². The molecule has 3 heteroatoms. The molecule has 1 heterocycles. The van der Waals surface area contributed by atoms with E-state index in [2.05, 4.69) is 0 Å². The molecular weight excluding hydrogens is 190 g/mol. The summed E-state index contributed by atoms with van der Waals surface area (Å²) in [6, 6.07) is 7.64. The molecule has 1 aliphatic rings. The van der Waals surface area contributed by atoms with E-state index in [1.165, 1.54) is 0 Å². The van der Waals surface area contributed by atoms with E-state index >= 15 is 0 Å². The van der Waals surface area contributed by atoms with E-state index in [1.807, 2.05) is 38.1 Å². The highest BCUT2D eigenvalue weighted by Crippen LogP contribution is 2.45. The molecule has 0 saturated carbocycles. The van der Waals surface area contributed by atoms with Crippen LogP contribution in [0.5, 0.6) is 5.75 Å². The number of fused-ring (bicyclic) bond motifs is 1. The van der Waals surface area contributed by atoms with Crippen LogP contribution < -0.4 is 10.5 Å². The molecule has 1 aliphatic heterocycles. The molecule has 0 saturated heterocycles. The molecule has 0 aromatic heterocycles. The zero-order chi connectivity index (χ0) is 11.1. The van der Waals surface area contributed by atoms with Crippen LogP contribution in [0.4, 0.5) is 0 Å². The molecule has 1 aromatic carbocycles. The molecule has 1 atom stereocenters. The quantitative estimate of drug-likeness (QED) is 0.728. The molecule has 3 nitrogen and oxygen atoms in total. The van der Waals surface area contributed by atoms with Crippen molar-refractivity contribution in [3.8, 4) is 5.75 Å². The van der Waals surface area contributed by atoms with Crippen molar-refractivity contribution >= 4 is 0 Å². The summed E-state index contributed by atoms with van der Waals surface area (Å²) in [5.41, 5.74) is 6.22. The maximum Gasteiger partial charge on any atom is 0.124 e. The van der Waals surface area contributed by atoms with Crippen molar-refractivity contribution in [3.63, 3.8) is 0 Å². The predicted octanol–water partition coefficient (Wildman–Crippen LogP) is 1.25. The van der Waals surface area contributed by atoms with Crippen molar-refractivity contribution in [2.24, 2.45) is 11.1 Å². The largest absolute Gasteiger partial charge is 0.493 e. The molecule has 0 bridgehead atoms. The van der Waals surface area contributed by atoms with Gasteiger partial charge in [0.2, 0.25) is 0 Å². The smallest absolute Gasteiger partial charge is 0.124 e. The van der Waals surface area contributed by atoms with Crippen LogP contribution in [-0.2, 0) is 5.54 Å². The maximum absolute atomic E-state index is 9.55. The Bertz CT molecular complexity index is 376. The highest BCUT2D eigenvalue weighted by molar-refractivity contribution is 5.42. The van der Waals surface area contributed by atoms with Crippen molar-refractivity contribution in [3.05, 3.63) is 29.8 Å². The number of hydrogen-bond donors (Lipinski definition) is 2. The molecule has 0 aliphatic carbocycles. The van der Waals surface area contributed by atoms with Gasteiger partial charge >= 0.3 is 0 Å². The van der Waals surface area contributed by atoms with Gasteiger partial charge in [-0.05, 0) is 6.07 Å². The molecule has 0 radical (unpaired) electrons. The maximum atomic E-state index is 9.55. The lowest BCUT2D eigenvalue weighted by Gasteiger charge is -2.47. The lowest BCUT2D eigenvalue weighted by molar-refractivity contribution is 0.0151. The summed E-state index contributed by atoms with van der Waals surface area (Å²) >= 11 is 0. The van der Waals surface area contributed by atoms with Crippen LogP contribution in [0, 0.1) is 5.41 Å². The predicted molar refractivity (Wildman–Crippen MR) is 58.7 cm³/mol. The summed E-state index contributed by atoms with van der Waals surface area (Å²) in [5.74, 6) is 0.786. The second-order valence-corrected chi connectivity index (χ2v) is 4.80. The Morgan fingerprint density at radius 3 is 2.73 bits per heavy atom. The monoisotopic (exact) mass is 207 g/mol. The van der Waals surface area contributed by atoms with Gasteiger partial charge in [0.05, 0.1) is 18.8 Å². The molecule has 0 spiro atoms. The molecule has 3 N–H and O–H groups in total. The van der Waals surface area contributed by atoms with E-state index in [0.29, 0.717) is 6.61 Å². The van der Waals surface area contributed by atoms with Gasteiger partial charge in [-0.15, -0.1) is 0 Å². The fraction of sp³-hybridized carbons (Fsp3) is 0.500. The molecule has 1 aromatic rings. The molecule has 1 unspecified atom stereocenters. The molecule has 2 rings (SSSR count). The van der Waals surface area contributed by atoms with Crippen molar-refractivity contribution in [2.45, 2.75) is 19.4 Å². The Kier molecular flexibility index (Phi) is 2.24. The van der Waals surface area contributed by atoms with Gasteiger partial charge in [0.1, 0.15) is 5.75 Å². The Morgan fingerprint density at radius 1 is 1.40 bits per heavy atom. The number of aliphatic hydroxyl groups is 1. The summed E-state index contributed by atoms with van der Waals surface area (Å²) in [6.45, 7) is 4.49. The van der Waals surface area contributed by atoms with E-state index in [4.69, 9.17) is 10.5 Å². The van der Waals surface area contributed by atoms with Gasteiger partial charge in [-0.25, -0.2) is 0 Å². The number of ether oxygens (including phenoxy) is 1. The van der Waals surface area contributed by atoms with E-state index in [9.17, 15) is 5.11 Å². The zero-order valence-electron chi connectivity index (χ0n) is 9.16. The number of benzene rings is 1. The van der Waals surface area contributed by atoms with Crippen LogP contribution in [0.25, 0.3) is 0 Å². The topological polar surface area (TPSA) is 55.5 Å². The van der Waals surface area contributed by atoms with Crippen molar-refractivity contribution in [2.75, 3.05) is 13.2 Å². The third-order valence-corrected chi connectivity index (χ3v) is 3.41. The fourth-order valence-electron chi connectivity index (χ4n) is 2.01. The van der Waals surface area contributed by atoms with Gasteiger partial charge in [0.25, 0.3) is 0 Å². The summed E-state index contributed by atoms with van der Waals surface area (Å²) in [5, 5.41) is 9.55. The first kappa shape index (κ1) is 10.5. The van der Waals surface area contributed by atoms with Crippen LogP contribution in [0.1, 0.15) is 19.4 Å². The lowest BCUT2D eigenvalue weighted by atomic mass is 9.68. The SMILES string of the molecule is CC1(C)COc2ccccc2C1(N)CO. The normalized spacial score (nSPS) is 28.0.